The highest BCUT2D eigenvalue weighted by molar-refractivity contribution is 5.74. The minimum absolute atomic E-state index is 0.123. The van der Waals surface area contributed by atoms with Crippen molar-refractivity contribution in [2.75, 3.05) is 14.2 Å². The van der Waals surface area contributed by atoms with Crippen LogP contribution in [0.25, 0.3) is 0 Å². The summed E-state index contributed by atoms with van der Waals surface area (Å²) in [6.07, 6.45) is 0.381. The number of hydrogen-bond donors (Lipinski definition) is 1. The Labute approximate surface area is 127 Å². The molecule has 1 rings (SSSR count). The number of hydrogen-bond acceptors (Lipinski definition) is 3. The van der Waals surface area contributed by atoms with Gasteiger partial charge in [0.1, 0.15) is 11.5 Å². The normalized spacial score (nSPS) is 12.1. The molecule has 0 radical (unpaired) electrons. The number of carboxylic acids is 1. The number of ether oxygens (including phenoxy) is 2. The molecule has 0 heterocycles. The van der Waals surface area contributed by atoms with Gasteiger partial charge in [0.05, 0.1) is 19.6 Å². The van der Waals surface area contributed by atoms with Crippen molar-refractivity contribution in [1.29, 1.82) is 0 Å². The van der Waals surface area contributed by atoms with Gasteiger partial charge in [-0.1, -0.05) is 20.8 Å². The lowest BCUT2D eigenvalue weighted by molar-refractivity contribution is -0.146. The van der Waals surface area contributed by atoms with E-state index in [0.717, 1.165) is 22.6 Å². The van der Waals surface area contributed by atoms with E-state index in [-0.39, 0.29) is 5.41 Å². The van der Waals surface area contributed by atoms with E-state index in [2.05, 4.69) is 20.8 Å². The van der Waals surface area contributed by atoms with E-state index in [1.165, 1.54) is 0 Å². The van der Waals surface area contributed by atoms with Crippen LogP contribution in [0.2, 0.25) is 0 Å². The summed E-state index contributed by atoms with van der Waals surface area (Å²) < 4.78 is 10.9. The molecule has 0 atom stereocenters. The summed E-state index contributed by atoms with van der Waals surface area (Å²) >= 11 is 0. The molecule has 0 fully saturated rings. The summed E-state index contributed by atoms with van der Waals surface area (Å²) in [5.41, 5.74) is 0.881. The van der Waals surface area contributed by atoms with Crippen LogP contribution >= 0.6 is 0 Å². The van der Waals surface area contributed by atoms with Gasteiger partial charge in [-0.25, -0.2) is 0 Å². The highest BCUT2D eigenvalue weighted by Crippen LogP contribution is 2.39. The highest BCUT2D eigenvalue weighted by atomic mass is 16.5. The predicted octanol–water partition coefficient (Wildman–Crippen LogP) is 3.65. The molecule has 4 nitrogen and oxygen atoms in total. The van der Waals surface area contributed by atoms with Crippen molar-refractivity contribution in [3.05, 3.63) is 23.3 Å². The Morgan fingerprint density at radius 3 is 2.05 bits per heavy atom. The first kappa shape index (κ1) is 17.3. The Kier molecular flexibility index (Phi) is 4.92. The molecule has 118 valence electrons. The average Bonchev–Trinajstić information content (AvgIpc) is 2.36. The third kappa shape index (κ3) is 3.90. The summed E-state index contributed by atoms with van der Waals surface area (Å²) in [5.74, 6) is 0.638. The first-order valence-electron chi connectivity index (χ1n) is 7.01. The standard InChI is InChI=1S/C17H26O4/c1-16(2,3)13-9-12(20-6)8-11(14(13)21-7)10-17(4,5)15(18)19/h8-9H,10H2,1-7H3,(H,18,19). The predicted molar refractivity (Wildman–Crippen MR) is 83.4 cm³/mol. The van der Waals surface area contributed by atoms with Crippen molar-refractivity contribution in [1.82, 2.24) is 0 Å². The molecule has 0 spiro atoms. The van der Waals surface area contributed by atoms with Crippen LogP contribution in [0.3, 0.4) is 0 Å². The maximum absolute atomic E-state index is 11.4. The molecule has 1 aromatic carbocycles. The summed E-state index contributed by atoms with van der Waals surface area (Å²) in [6, 6.07) is 3.81. The number of aliphatic carboxylic acids is 1. The van der Waals surface area contributed by atoms with Crippen LogP contribution in [-0.2, 0) is 16.6 Å². The summed E-state index contributed by atoms with van der Waals surface area (Å²) in [4.78, 5) is 11.4. The van der Waals surface area contributed by atoms with Gasteiger partial charge in [-0.3, -0.25) is 4.79 Å². The number of carbonyl (C=O) groups is 1. The van der Waals surface area contributed by atoms with Crippen molar-refractivity contribution < 1.29 is 19.4 Å². The van der Waals surface area contributed by atoms with Gasteiger partial charge in [-0.05, 0) is 43.4 Å². The van der Waals surface area contributed by atoms with Gasteiger partial charge < -0.3 is 14.6 Å². The van der Waals surface area contributed by atoms with Crippen LogP contribution in [0.4, 0.5) is 0 Å². The van der Waals surface area contributed by atoms with Gasteiger partial charge in [0, 0.05) is 5.56 Å². The average molecular weight is 294 g/mol. The molecule has 1 N–H and O–H groups in total. The fourth-order valence-electron chi connectivity index (χ4n) is 2.26. The minimum Gasteiger partial charge on any atom is -0.497 e. The zero-order valence-electron chi connectivity index (χ0n) is 14.0. The second-order valence-corrected chi connectivity index (χ2v) is 6.98. The lowest BCUT2D eigenvalue weighted by Gasteiger charge is -2.27. The van der Waals surface area contributed by atoms with Crippen LogP contribution < -0.4 is 9.47 Å². The highest BCUT2D eigenvalue weighted by Gasteiger charge is 2.31. The Hall–Kier alpha value is -1.71. The molecule has 0 aliphatic heterocycles. The van der Waals surface area contributed by atoms with E-state index in [1.807, 2.05) is 12.1 Å². The van der Waals surface area contributed by atoms with Gasteiger partial charge in [-0.15, -0.1) is 0 Å². The van der Waals surface area contributed by atoms with Crippen molar-refractivity contribution in [2.24, 2.45) is 5.41 Å². The Morgan fingerprint density at radius 2 is 1.67 bits per heavy atom. The zero-order chi connectivity index (χ0) is 16.4. The van der Waals surface area contributed by atoms with Crippen LogP contribution in [0, 0.1) is 5.41 Å². The molecule has 0 aromatic heterocycles. The van der Waals surface area contributed by atoms with Crippen molar-refractivity contribution in [2.45, 2.75) is 46.5 Å². The quantitative estimate of drug-likeness (QED) is 0.900. The summed E-state index contributed by atoms with van der Waals surface area (Å²) in [5, 5.41) is 9.35. The summed E-state index contributed by atoms with van der Waals surface area (Å²) in [6.45, 7) is 9.71. The number of methoxy groups -OCH3 is 2. The van der Waals surface area contributed by atoms with Crippen molar-refractivity contribution in [3.8, 4) is 11.5 Å². The fourth-order valence-corrected chi connectivity index (χ4v) is 2.26. The third-order valence-electron chi connectivity index (χ3n) is 3.60. The van der Waals surface area contributed by atoms with Gasteiger partial charge in [0.25, 0.3) is 0 Å². The van der Waals surface area contributed by atoms with E-state index < -0.39 is 11.4 Å². The molecule has 4 heteroatoms. The second kappa shape index (κ2) is 5.96. The Morgan fingerprint density at radius 1 is 1.10 bits per heavy atom. The van der Waals surface area contributed by atoms with Gasteiger partial charge in [0.15, 0.2) is 0 Å². The smallest absolute Gasteiger partial charge is 0.309 e. The second-order valence-electron chi connectivity index (χ2n) is 6.98. The van der Waals surface area contributed by atoms with Crippen LogP contribution in [-0.4, -0.2) is 25.3 Å². The van der Waals surface area contributed by atoms with Gasteiger partial charge in [0.2, 0.25) is 0 Å². The van der Waals surface area contributed by atoms with Crippen LogP contribution in [0.5, 0.6) is 11.5 Å². The summed E-state index contributed by atoms with van der Waals surface area (Å²) in [7, 11) is 3.23. The first-order valence-corrected chi connectivity index (χ1v) is 7.01. The lowest BCUT2D eigenvalue weighted by Crippen LogP contribution is -2.27. The largest absolute Gasteiger partial charge is 0.497 e. The van der Waals surface area contributed by atoms with Gasteiger partial charge in [-0.2, -0.15) is 0 Å². The van der Waals surface area contributed by atoms with E-state index in [9.17, 15) is 9.90 Å². The third-order valence-corrected chi connectivity index (χ3v) is 3.60. The van der Waals surface area contributed by atoms with E-state index in [1.54, 1.807) is 28.1 Å². The van der Waals surface area contributed by atoms with E-state index in [0.29, 0.717) is 6.42 Å². The topological polar surface area (TPSA) is 55.8 Å². The number of rotatable bonds is 5. The van der Waals surface area contributed by atoms with E-state index in [4.69, 9.17) is 9.47 Å². The maximum atomic E-state index is 11.4. The zero-order valence-corrected chi connectivity index (χ0v) is 14.0. The van der Waals surface area contributed by atoms with Crippen molar-refractivity contribution >= 4 is 5.97 Å². The molecular weight excluding hydrogens is 268 g/mol. The molecule has 0 aliphatic carbocycles. The van der Waals surface area contributed by atoms with Crippen molar-refractivity contribution in [3.63, 3.8) is 0 Å². The van der Waals surface area contributed by atoms with Gasteiger partial charge >= 0.3 is 5.97 Å². The Balaban J connectivity index is 3.46. The van der Waals surface area contributed by atoms with E-state index >= 15 is 0 Å². The number of benzene rings is 1. The molecular formula is C17H26O4. The SMILES string of the molecule is COc1cc(CC(C)(C)C(=O)O)c(OC)c(C(C)(C)C)c1. The molecule has 1 aromatic rings. The minimum atomic E-state index is -0.866. The Bertz CT molecular complexity index is 524. The molecule has 0 unspecified atom stereocenters. The molecule has 0 saturated heterocycles. The monoisotopic (exact) mass is 294 g/mol. The van der Waals surface area contributed by atoms with Crippen LogP contribution in [0.15, 0.2) is 12.1 Å². The maximum Gasteiger partial charge on any atom is 0.309 e. The first-order chi connectivity index (χ1) is 9.52. The molecule has 0 saturated carbocycles. The molecule has 0 aliphatic rings. The molecule has 0 amide bonds. The number of carboxylic acid groups (broad SMARTS) is 1. The molecule has 21 heavy (non-hydrogen) atoms. The molecule has 0 bridgehead atoms. The fraction of sp³-hybridized carbons (Fsp3) is 0.588. The lowest BCUT2D eigenvalue weighted by atomic mass is 9.80. The van der Waals surface area contributed by atoms with Crippen LogP contribution in [0.1, 0.15) is 45.7 Å².